The summed E-state index contributed by atoms with van der Waals surface area (Å²) < 4.78 is 117. The fourth-order valence-electron chi connectivity index (χ4n) is 17.4. The Kier molecular flexibility index (Phi) is 36.7. The molecular weight excluding hydrogens is 1950 g/mol. The second-order valence-electron chi connectivity index (χ2n) is 36.1. The van der Waals surface area contributed by atoms with Crippen molar-refractivity contribution in [2.75, 3.05) is 0 Å². The van der Waals surface area contributed by atoms with Crippen molar-refractivity contribution in [3.63, 3.8) is 0 Å². The third-order valence-corrected chi connectivity index (χ3v) is 23.7. The molecule has 2 fully saturated rings. The van der Waals surface area contributed by atoms with E-state index in [9.17, 15) is 37.4 Å². The van der Waals surface area contributed by atoms with Crippen LogP contribution in [0.5, 0.6) is 0 Å². The third-order valence-electron chi connectivity index (χ3n) is 23.7. The van der Waals surface area contributed by atoms with Crippen molar-refractivity contribution in [1.29, 1.82) is 0 Å². The molecule has 8 nitrogen and oxygen atoms in total. The summed E-state index contributed by atoms with van der Waals surface area (Å²) in [6.45, 7) is 37.7. The van der Waals surface area contributed by atoms with E-state index in [1.54, 1.807) is 13.8 Å². The van der Waals surface area contributed by atoms with E-state index < -0.39 is 36.5 Å². The molecule has 2 atom stereocenters. The number of pyridine rings is 4. The standard InChI is InChI=1S/2C22H22N.2C21H22N.2C14H24F2O2.2Ir/c2*1-15-11-16(2)13-20(12-15)22-21-8-7-18(17-5-3-4-6-17)14-19(21)9-10-23-22;2*1-14(2)9-17-5-6-20-18(13-17)7-8-22-21(20)19-11-15(3)10-16(4)12-19;2*1-5-10(6-2)12(17)8-13(18)11(7-3)9-14(4,15)16;;/h2*7-12,14,17H,3-6H2,1-2H3;2*5-8,10-11,13-14H,9H2,1-4H3;2*8,10-11,18H,5-7,9H2,1-4H3;;/q4*-1;;;;/i2*9D,10D;2*7D,8D;;;;. The van der Waals surface area contributed by atoms with Gasteiger partial charge in [0.15, 0.2) is 11.6 Å². The Morgan fingerprint density at radius 2 is 0.648 bits per heavy atom. The van der Waals surface area contributed by atoms with Crippen molar-refractivity contribution in [3.8, 4) is 45.0 Å². The van der Waals surface area contributed by atoms with Crippen molar-refractivity contribution in [3.05, 3.63) is 285 Å². The van der Waals surface area contributed by atoms with Gasteiger partial charge >= 0.3 is 0 Å². The molecule has 2 unspecified atom stereocenters. The number of aliphatic hydroxyl groups is 2. The van der Waals surface area contributed by atoms with Crippen molar-refractivity contribution >= 4 is 54.7 Å². The van der Waals surface area contributed by atoms with Gasteiger partial charge in [0.05, 0.1) is 22.5 Å². The van der Waals surface area contributed by atoms with Gasteiger partial charge in [-0.25, -0.2) is 17.6 Å². The first-order chi connectivity index (χ1) is 63.2. The number of aliphatic hydroxyl groups excluding tert-OH is 2. The van der Waals surface area contributed by atoms with Gasteiger partial charge in [0.2, 0.25) is 11.8 Å². The summed E-state index contributed by atoms with van der Waals surface area (Å²) in [5, 5.41) is 26.6. The Bertz CT molecular complexity index is 5740. The molecule has 2 aliphatic carbocycles. The van der Waals surface area contributed by atoms with Crippen LogP contribution in [0.4, 0.5) is 17.6 Å². The van der Waals surface area contributed by atoms with Crippen LogP contribution < -0.4 is 0 Å². The van der Waals surface area contributed by atoms with Gasteiger partial charge in [-0.2, -0.15) is 0 Å². The summed E-state index contributed by atoms with van der Waals surface area (Å²) in [7, 11) is 0. The van der Waals surface area contributed by atoms with Crippen LogP contribution in [0.25, 0.3) is 88.1 Å². The topological polar surface area (TPSA) is 126 Å². The molecule has 2 aliphatic rings. The van der Waals surface area contributed by atoms with E-state index in [1.165, 1.54) is 73.6 Å². The van der Waals surface area contributed by atoms with Crippen LogP contribution in [0.1, 0.15) is 275 Å². The number of allylic oxidation sites excluding steroid dienone is 4. The molecule has 0 aliphatic heterocycles. The molecule has 0 saturated heterocycles. The normalized spacial score (nSPS) is 14.5. The van der Waals surface area contributed by atoms with Crippen LogP contribution in [0, 0.1) is 115 Å². The molecule has 14 rings (SSSR count). The van der Waals surface area contributed by atoms with Crippen LogP contribution in [0.15, 0.2) is 194 Å². The van der Waals surface area contributed by atoms with Crippen molar-refractivity contribution < 1.29 is 88.5 Å². The van der Waals surface area contributed by atoms with Crippen LogP contribution >= 0.6 is 0 Å². The average Bonchev–Trinajstić information content (AvgIpc) is 0.887. The molecular formula is C114H136F4Ir2N4O4-4. The number of carbonyl (C=O) groups is 2. The molecule has 14 heteroatoms. The van der Waals surface area contributed by atoms with Crippen LogP contribution in [-0.2, 0) is 62.6 Å². The van der Waals surface area contributed by atoms with Gasteiger partial charge in [-0.05, 0) is 227 Å². The molecule has 2 radical (unpaired) electrons. The number of aryl methyl sites for hydroxylation is 8. The minimum absolute atomic E-state index is 0. The SMILES string of the molecule is CCC(CC)C(=O)C=C(O)C(CC)CC(C)(F)F.CCC(CC)C(=O)C=C(O)C(CC)CC(C)(F)F.[2H]c1nc(-c2[c-]c(C)cc(C)c2)c2ccc(C3CCCC3)cc2c1[2H].[2H]c1nc(-c2[c-]c(C)cc(C)c2)c2ccc(C3CCCC3)cc2c1[2H].[2H]c1nc(-c2[c-]c(C)cc(C)c2)c2ccc(CC(C)C)cc2c1[2H].[2H]c1nc(-c2[c-]c(C)cc(C)c2)c2ccc(CC(C)C)cc2c1[2H].[Ir].[Ir]. The molecule has 4 heterocycles. The molecule has 128 heavy (non-hydrogen) atoms. The second-order valence-corrected chi connectivity index (χ2v) is 36.1. The van der Waals surface area contributed by atoms with Gasteiger partial charge in [0.1, 0.15) is 0 Å². The minimum Gasteiger partial charge on any atom is -0.512 e. The molecule has 4 aromatic heterocycles. The molecule has 8 aromatic carbocycles. The number of ketones is 2. The maximum Gasteiger partial charge on any atom is 0.246 e. The van der Waals surface area contributed by atoms with Gasteiger partial charge in [-0.15, -0.1) is 140 Å². The average molecular weight is 2090 g/mol. The monoisotopic (exact) mass is 2100 g/mol. The van der Waals surface area contributed by atoms with Crippen LogP contribution in [0.3, 0.4) is 0 Å². The number of benzene rings is 8. The Labute approximate surface area is 801 Å². The van der Waals surface area contributed by atoms with E-state index >= 15 is 0 Å². The summed E-state index contributed by atoms with van der Waals surface area (Å²) in [4.78, 5) is 41.2. The Morgan fingerprint density at radius 1 is 0.398 bits per heavy atom. The first-order valence-electron chi connectivity index (χ1n) is 49.5. The molecule has 0 bridgehead atoms. The summed E-state index contributed by atoms with van der Waals surface area (Å²) in [5.74, 6) is -5.68. The summed E-state index contributed by atoms with van der Waals surface area (Å²) in [6, 6.07) is 56.0. The molecule has 2 N–H and O–H groups in total. The maximum absolute atomic E-state index is 12.9. The number of fused-ring (bicyclic) bond motifs is 4. The number of carbonyl (C=O) groups excluding carboxylic acids is 2. The zero-order valence-corrected chi connectivity index (χ0v) is 83.5. The Hall–Kier alpha value is -9.16. The summed E-state index contributed by atoms with van der Waals surface area (Å²) in [5.41, 5.74) is 20.5. The molecule has 12 aromatic rings. The zero-order chi connectivity index (χ0) is 98.7. The number of nitrogens with zero attached hydrogens (tertiary/aromatic N) is 4. The fraction of sp³-hybridized carbons (Fsp3) is 0.421. The number of aromatic nitrogens is 4. The smallest absolute Gasteiger partial charge is 0.246 e. The Balaban J connectivity index is 0.000000223. The van der Waals surface area contributed by atoms with Gasteiger partial charge < -0.3 is 30.1 Å². The predicted octanol–water partition coefficient (Wildman–Crippen LogP) is 32.0. The van der Waals surface area contributed by atoms with E-state index in [1.807, 2.05) is 106 Å². The van der Waals surface area contributed by atoms with Crippen LogP contribution in [0.2, 0.25) is 0 Å². The number of rotatable bonds is 26. The number of alkyl halides is 4. The van der Waals surface area contributed by atoms with Crippen molar-refractivity contribution in [1.82, 2.24) is 19.9 Å². The van der Waals surface area contributed by atoms with Gasteiger partial charge in [0.25, 0.3) is 0 Å². The predicted molar refractivity (Wildman–Crippen MR) is 519 cm³/mol. The van der Waals surface area contributed by atoms with E-state index in [4.69, 9.17) is 11.0 Å². The molecule has 2 saturated carbocycles. The largest absolute Gasteiger partial charge is 0.512 e. The van der Waals surface area contributed by atoms with E-state index in [-0.39, 0.29) is 124 Å². The molecule has 0 amide bonds. The van der Waals surface area contributed by atoms with Crippen LogP contribution in [-0.4, -0.2) is 53.6 Å². The zero-order valence-electron chi connectivity index (χ0n) is 86.7. The van der Waals surface area contributed by atoms with E-state index in [2.05, 4.69) is 171 Å². The molecule has 0 spiro atoms. The maximum atomic E-state index is 12.9. The fourth-order valence-corrected chi connectivity index (χ4v) is 17.4. The minimum atomic E-state index is -2.83. The summed E-state index contributed by atoms with van der Waals surface area (Å²) in [6.07, 6.45) is 17.1. The van der Waals surface area contributed by atoms with Gasteiger partial charge in [-0.1, -0.05) is 223 Å². The summed E-state index contributed by atoms with van der Waals surface area (Å²) >= 11 is 0. The van der Waals surface area contributed by atoms with Gasteiger partial charge in [0, 0.05) is 114 Å². The third kappa shape index (κ3) is 31.6. The first kappa shape index (κ1) is 93.5. The number of hydrogen-bond acceptors (Lipinski definition) is 8. The Morgan fingerprint density at radius 3 is 0.883 bits per heavy atom. The molecule has 686 valence electrons. The number of hydrogen-bond donors (Lipinski definition) is 2. The number of halogens is 4. The van der Waals surface area contributed by atoms with Crippen molar-refractivity contribution in [2.24, 2.45) is 35.5 Å². The van der Waals surface area contributed by atoms with E-state index in [0.29, 0.717) is 62.2 Å². The second kappa shape index (κ2) is 50.3. The van der Waals surface area contributed by atoms with E-state index in [0.717, 1.165) is 171 Å². The van der Waals surface area contributed by atoms with Gasteiger partial charge in [-0.3, -0.25) is 9.59 Å². The first-order valence-corrected chi connectivity index (χ1v) is 45.5. The quantitative estimate of drug-likeness (QED) is 0.0238. The van der Waals surface area contributed by atoms with Crippen molar-refractivity contribution in [2.45, 2.75) is 278 Å².